The summed E-state index contributed by atoms with van der Waals surface area (Å²) < 4.78 is 2.19. The van der Waals surface area contributed by atoms with E-state index in [4.69, 9.17) is 9.97 Å². The number of para-hydroxylation sites is 1. The standard InChI is InChI=1S/C36H23N5/c1-2-10-27-24(8-1)9-7-12-28(27)26-20-32(40-33(21-26)31-13-5-6-18-38-31)25-15-16-36(39-22-25)41-34-14-4-3-11-29(34)30-23-37-19-17-35(30)41/h1-23H. The summed E-state index contributed by atoms with van der Waals surface area (Å²) in [5.41, 5.74) is 7.87. The molecule has 0 N–H and O–H groups in total. The number of nitrogens with zero attached hydrogens (tertiary/aromatic N) is 5. The Balaban J connectivity index is 1.29. The van der Waals surface area contributed by atoms with Crippen molar-refractivity contribution in [2.75, 3.05) is 0 Å². The molecule has 0 unspecified atom stereocenters. The number of aromatic nitrogens is 5. The van der Waals surface area contributed by atoms with Crippen molar-refractivity contribution in [2.24, 2.45) is 0 Å². The van der Waals surface area contributed by atoms with Crippen molar-refractivity contribution in [1.29, 1.82) is 0 Å². The Hall–Kier alpha value is -5.68. The average molecular weight is 526 g/mol. The normalized spacial score (nSPS) is 11.4. The van der Waals surface area contributed by atoms with Gasteiger partial charge < -0.3 is 0 Å². The van der Waals surface area contributed by atoms with Crippen LogP contribution in [0.2, 0.25) is 0 Å². The zero-order valence-corrected chi connectivity index (χ0v) is 22.0. The Bertz CT molecular complexity index is 2140. The molecule has 5 heterocycles. The number of rotatable bonds is 4. The summed E-state index contributed by atoms with van der Waals surface area (Å²) >= 11 is 0. The van der Waals surface area contributed by atoms with Crippen molar-refractivity contribution in [3.8, 4) is 39.6 Å². The monoisotopic (exact) mass is 525 g/mol. The fraction of sp³-hybridized carbons (Fsp3) is 0. The third-order valence-corrected chi connectivity index (χ3v) is 7.60. The Morgan fingerprint density at radius 1 is 0.488 bits per heavy atom. The van der Waals surface area contributed by atoms with E-state index in [2.05, 4.69) is 106 Å². The van der Waals surface area contributed by atoms with Crippen LogP contribution in [-0.4, -0.2) is 24.5 Å². The molecule has 0 atom stereocenters. The fourth-order valence-electron chi connectivity index (χ4n) is 5.69. The van der Waals surface area contributed by atoms with Crippen LogP contribution < -0.4 is 0 Å². The molecule has 192 valence electrons. The average Bonchev–Trinajstić information content (AvgIpc) is 3.39. The van der Waals surface area contributed by atoms with E-state index < -0.39 is 0 Å². The van der Waals surface area contributed by atoms with Crippen LogP contribution in [0.3, 0.4) is 0 Å². The lowest BCUT2D eigenvalue weighted by Crippen LogP contribution is -1.98. The Morgan fingerprint density at radius 3 is 2.17 bits per heavy atom. The number of hydrogen-bond donors (Lipinski definition) is 0. The van der Waals surface area contributed by atoms with Crippen LogP contribution in [0.25, 0.3) is 72.2 Å². The zero-order valence-electron chi connectivity index (χ0n) is 22.0. The van der Waals surface area contributed by atoms with E-state index in [9.17, 15) is 0 Å². The first-order valence-corrected chi connectivity index (χ1v) is 13.6. The summed E-state index contributed by atoms with van der Waals surface area (Å²) in [4.78, 5) is 19.0. The second-order valence-corrected chi connectivity index (χ2v) is 10.0. The summed E-state index contributed by atoms with van der Waals surface area (Å²) in [5, 5.41) is 4.67. The largest absolute Gasteiger partial charge is 0.294 e. The highest BCUT2D eigenvalue weighted by atomic mass is 15.1. The Morgan fingerprint density at radius 2 is 1.29 bits per heavy atom. The molecular weight excluding hydrogens is 502 g/mol. The molecule has 3 aromatic carbocycles. The van der Waals surface area contributed by atoms with E-state index in [1.165, 1.54) is 10.8 Å². The predicted octanol–water partition coefficient (Wildman–Crippen LogP) is 8.52. The van der Waals surface area contributed by atoms with Crippen LogP contribution >= 0.6 is 0 Å². The van der Waals surface area contributed by atoms with Crippen LogP contribution in [0.5, 0.6) is 0 Å². The van der Waals surface area contributed by atoms with Gasteiger partial charge in [0.15, 0.2) is 0 Å². The highest BCUT2D eigenvalue weighted by molar-refractivity contribution is 6.08. The summed E-state index contributed by atoms with van der Waals surface area (Å²) in [6.45, 7) is 0. The van der Waals surface area contributed by atoms with E-state index >= 15 is 0 Å². The van der Waals surface area contributed by atoms with E-state index in [-0.39, 0.29) is 0 Å². The second kappa shape index (κ2) is 9.50. The van der Waals surface area contributed by atoms with Gasteiger partial charge in [0.2, 0.25) is 0 Å². The molecule has 0 aliphatic heterocycles. The molecule has 41 heavy (non-hydrogen) atoms. The molecule has 0 aliphatic rings. The fourth-order valence-corrected chi connectivity index (χ4v) is 5.69. The van der Waals surface area contributed by atoms with E-state index in [1.807, 2.05) is 42.9 Å². The van der Waals surface area contributed by atoms with Gasteiger partial charge in [0.05, 0.1) is 28.1 Å². The Labute approximate surface area is 236 Å². The minimum Gasteiger partial charge on any atom is -0.294 e. The van der Waals surface area contributed by atoms with Gasteiger partial charge in [-0.25, -0.2) is 9.97 Å². The van der Waals surface area contributed by atoms with E-state index in [1.54, 1.807) is 6.20 Å². The molecule has 8 aromatic rings. The van der Waals surface area contributed by atoms with Crippen molar-refractivity contribution in [3.05, 3.63) is 140 Å². The SMILES string of the molecule is c1ccc(-c2cc(-c3cccc4ccccc34)cc(-c3ccc(-n4c5ccccc5c5cnccc54)nc3)n2)nc1. The molecule has 5 heteroatoms. The van der Waals surface area contributed by atoms with Gasteiger partial charge in [-0.2, -0.15) is 0 Å². The maximum atomic E-state index is 5.05. The lowest BCUT2D eigenvalue weighted by molar-refractivity contribution is 1.08. The molecular formula is C36H23N5. The van der Waals surface area contributed by atoms with Gasteiger partial charge in [0.1, 0.15) is 5.82 Å². The predicted molar refractivity (Wildman–Crippen MR) is 166 cm³/mol. The van der Waals surface area contributed by atoms with Gasteiger partial charge >= 0.3 is 0 Å². The van der Waals surface area contributed by atoms with E-state index in [0.717, 1.165) is 61.4 Å². The summed E-state index contributed by atoms with van der Waals surface area (Å²) in [7, 11) is 0. The number of pyridine rings is 4. The minimum atomic E-state index is 0.824. The molecule has 5 aromatic heterocycles. The first-order chi connectivity index (χ1) is 20.3. The van der Waals surface area contributed by atoms with Crippen molar-refractivity contribution in [2.45, 2.75) is 0 Å². The molecule has 0 fully saturated rings. The van der Waals surface area contributed by atoms with Gasteiger partial charge in [0.25, 0.3) is 0 Å². The molecule has 0 aliphatic carbocycles. The van der Waals surface area contributed by atoms with Gasteiger partial charge in [-0.3, -0.25) is 14.5 Å². The van der Waals surface area contributed by atoms with Gasteiger partial charge in [-0.05, 0) is 70.4 Å². The van der Waals surface area contributed by atoms with Gasteiger partial charge in [-0.15, -0.1) is 0 Å². The highest BCUT2D eigenvalue weighted by Crippen LogP contribution is 2.35. The van der Waals surface area contributed by atoms with Crippen molar-refractivity contribution in [1.82, 2.24) is 24.5 Å². The quantitative estimate of drug-likeness (QED) is 0.231. The maximum Gasteiger partial charge on any atom is 0.137 e. The molecule has 8 rings (SSSR count). The topological polar surface area (TPSA) is 56.5 Å². The van der Waals surface area contributed by atoms with Crippen molar-refractivity contribution >= 4 is 32.6 Å². The molecule has 0 saturated heterocycles. The van der Waals surface area contributed by atoms with Crippen LogP contribution in [0.4, 0.5) is 0 Å². The molecule has 0 bridgehead atoms. The van der Waals surface area contributed by atoms with Crippen LogP contribution in [-0.2, 0) is 0 Å². The number of hydrogen-bond acceptors (Lipinski definition) is 4. The van der Waals surface area contributed by atoms with Crippen LogP contribution in [0, 0.1) is 0 Å². The van der Waals surface area contributed by atoms with Crippen LogP contribution in [0.15, 0.2) is 140 Å². The smallest absolute Gasteiger partial charge is 0.137 e. The third kappa shape index (κ3) is 3.95. The lowest BCUT2D eigenvalue weighted by Gasteiger charge is -2.12. The summed E-state index contributed by atoms with van der Waals surface area (Å²) in [6, 6.07) is 39.7. The summed E-state index contributed by atoms with van der Waals surface area (Å²) in [6.07, 6.45) is 7.46. The molecule has 0 radical (unpaired) electrons. The van der Waals surface area contributed by atoms with E-state index in [0.29, 0.717) is 0 Å². The molecule has 0 saturated carbocycles. The van der Waals surface area contributed by atoms with Gasteiger partial charge in [-0.1, -0.05) is 66.7 Å². The summed E-state index contributed by atoms with van der Waals surface area (Å²) in [5.74, 6) is 0.848. The maximum absolute atomic E-state index is 5.05. The minimum absolute atomic E-state index is 0.824. The highest BCUT2D eigenvalue weighted by Gasteiger charge is 2.15. The molecule has 5 nitrogen and oxygen atoms in total. The first-order valence-electron chi connectivity index (χ1n) is 13.6. The third-order valence-electron chi connectivity index (χ3n) is 7.60. The number of benzene rings is 3. The molecule has 0 amide bonds. The first kappa shape index (κ1) is 23.2. The number of fused-ring (bicyclic) bond motifs is 4. The molecule has 0 spiro atoms. The van der Waals surface area contributed by atoms with Crippen molar-refractivity contribution < 1.29 is 0 Å². The van der Waals surface area contributed by atoms with Gasteiger partial charge in [0, 0.05) is 41.1 Å². The second-order valence-electron chi connectivity index (χ2n) is 10.0. The Kier molecular flexibility index (Phi) is 5.38. The zero-order chi connectivity index (χ0) is 27.2. The van der Waals surface area contributed by atoms with Crippen LogP contribution in [0.1, 0.15) is 0 Å². The van der Waals surface area contributed by atoms with Crippen molar-refractivity contribution in [3.63, 3.8) is 0 Å². The lowest BCUT2D eigenvalue weighted by atomic mass is 9.96.